The maximum absolute atomic E-state index is 15.0. The number of alkyl halides is 3. The zero-order valence-corrected chi connectivity index (χ0v) is 19.5. The van der Waals surface area contributed by atoms with E-state index in [9.17, 15) is 26.0 Å². The Balaban J connectivity index is 1.84. The first-order valence-corrected chi connectivity index (χ1v) is 13.1. The lowest BCUT2D eigenvalue weighted by Gasteiger charge is -2.47. The Morgan fingerprint density at radius 2 is 1.82 bits per heavy atom. The van der Waals surface area contributed by atoms with Crippen molar-refractivity contribution in [1.29, 1.82) is 0 Å². The third-order valence-electron chi connectivity index (χ3n) is 6.85. The summed E-state index contributed by atoms with van der Waals surface area (Å²) in [6, 6.07) is 6.02. The molecule has 0 bridgehead atoms. The van der Waals surface area contributed by atoms with Crippen LogP contribution in [0.2, 0.25) is 0 Å². The Bertz CT molecular complexity index is 1120. The molecule has 0 spiro atoms. The van der Waals surface area contributed by atoms with Gasteiger partial charge >= 0.3 is 6.18 Å². The molecule has 1 aliphatic carbocycles. The van der Waals surface area contributed by atoms with Gasteiger partial charge in [0.2, 0.25) is 0 Å². The summed E-state index contributed by atoms with van der Waals surface area (Å²) in [5.41, 5.74) is -1.23. The van der Waals surface area contributed by atoms with Crippen LogP contribution in [0, 0.1) is 17.6 Å². The second kappa shape index (κ2) is 8.85. The Kier molecular flexibility index (Phi) is 6.56. The molecule has 10 heteroatoms. The fourth-order valence-electron chi connectivity index (χ4n) is 5.04. The maximum Gasteiger partial charge on any atom is 0.416 e. The van der Waals surface area contributed by atoms with Crippen LogP contribution in [0.1, 0.15) is 50.2 Å². The van der Waals surface area contributed by atoms with E-state index in [0.717, 1.165) is 43.2 Å². The molecule has 1 saturated carbocycles. The van der Waals surface area contributed by atoms with Crippen LogP contribution in [-0.4, -0.2) is 19.7 Å². The minimum Gasteiger partial charge on any atom is -0.261 e. The fraction of sp³-hybridized carbons (Fsp3) is 0.478. The minimum absolute atomic E-state index is 0.0300. The molecule has 1 saturated heterocycles. The summed E-state index contributed by atoms with van der Waals surface area (Å²) in [5.74, 6) is -1.70. The van der Waals surface area contributed by atoms with Gasteiger partial charge in [-0.15, -0.1) is 0 Å². The van der Waals surface area contributed by atoms with Gasteiger partial charge in [0.05, 0.1) is 10.5 Å². The number of sulfone groups is 1. The quantitative estimate of drug-likeness (QED) is 0.395. The summed E-state index contributed by atoms with van der Waals surface area (Å²) in [4.78, 5) is -0.331. The Morgan fingerprint density at radius 3 is 2.45 bits per heavy atom. The van der Waals surface area contributed by atoms with Gasteiger partial charge in [-0.25, -0.2) is 17.2 Å². The second-order valence-electron chi connectivity index (χ2n) is 8.76. The molecule has 2 aliphatic rings. The van der Waals surface area contributed by atoms with Crippen molar-refractivity contribution in [2.75, 3.05) is 0 Å². The van der Waals surface area contributed by atoms with Gasteiger partial charge in [-0.05, 0) is 80.5 Å². The van der Waals surface area contributed by atoms with Crippen LogP contribution in [0.15, 0.2) is 47.4 Å². The molecule has 1 heterocycles. The van der Waals surface area contributed by atoms with Crippen LogP contribution in [0.3, 0.4) is 0 Å². The molecule has 4 rings (SSSR count). The molecule has 0 aromatic heterocycles. The number of fused-ring (bicyclic) bond motifs is 1. The number of nitrogens with one attached hydrogen (secondary N) is 1. The van der Waals surface area contributed by atoms with E-state index in [2.05, 4.69) is 4.72 Å². The molecule has 0 unspecified atom stereocenters. The highest BCUT2D eigenvalue weighted by Gasteiger charge is 2.54. The van der Waals surface area contributed by atoms with Gasteiger partial charge in [-0.2, -0.15) is 13.2 Å². The zero-order chi connectivity index (χ0) is 24.0. The van der Waals surface area contributed by atoms with Crippen LogP contribution >= 0.6 is 11.9 Å². The van der Waals surface area contributed by atoms with Gasteiger partial charge in [0.1, 0.15) is 16.4 Å². The highest BCUT2D eigenvalue weighted by molar-refractivity contribution is 7.98. The van der Waals surface area contributed by atoms with E-state index in [0.29, 0.717) is 18.6 Å². The molecule has 1 N–H and O–H groups in total. The van der Waals surface area contributed by atoms with Crippen LogP contribution in [0.25, 0.3) is 0 Å². The Labute approximate surface area is 194 Å². The fourth-order valence-corrected chi connectivity index (χ4v) is 8.44. The lowest BCUT2D eigenvalue weighted by atomic mass is 9.72. The average molecular weight is 506 g/mol. The van der Waals surface area contributed by atoms with Crippen molar-refractivity contribution >= 4 is 21.8 Å². The van der Waals surface area contributed by atoms with Crippen molar-refractivity contribution in [3.63, 3.8) is 0 Å². The number of benzene rings is 2. The number of halogens is 5. The van der Waals surface area contributed by atoms with Crippen LogP contribution in [-0.2, 0) is 20.8 Å². The predicted molar refractivity (Wildman–Crippen MR) is 117 cm³/mol. The van der Waals surface area contributed by atoms with Crippen molar-refractivity contribution in [3.05, 3.63) is 65.2 Å². The van der Waals surface area contributed by atoms with E-state index in [4.69, 9.17) is 0 Å². The zero-order valence-electron chi connectivity index (χ0n) is 17.8. The Morgan fingerprint density at radius 1 is 1.12 bits per heavy atom. The Hall–Kier alpha value is -1.65. The van der Waals surface area contributed by atoms with Gasteiger partial charge in [0.15, 0.2) is 9.84 Å². The van der Waals surface area contributed by atoms with Gasteiger partial charge in [-0.3, -0.25) is 4.72 Å². The van der Waals surface area contributed by atoms with Gasteiger partial charge in [0.25, 0.3) is 0 Å². The van der Waals surface area contributed by atoms with Gasteiger partial charge in [0, 0.05) is 16.9 Å². The largest absolute Gasteiger partial charge is 0.416 e. The normalized spacial score (nSPS) is 28.4. The van der Waals surface area contributed by atoms with E-state index in [-0.39, 0.29) is 40.5 Å². The van der Waals surface area contributed by atoms with Crippen molar-refractivity contribution in [2.24, 2.45) is 5.92 Å². The van der Waals surface area contributed by atoms with E-state index in [1.165, 1.54) is 0 Å². The lowest BCUT2D eigenvalue weighted by molar-refractivity contribution is -0.137. The summed E-state index contributed by atoms with van der Waals surface area (Å²) < 4.78 is 97.8. The molecule has 2 aromatic carbocycles. The standard InChI is InChI=1S/C23H24F5NO2S2/c1-2-17-11-14-13-22(10-9-21(14)29-32-17,19-12-16(24)5-8-20(19)25)33(30,31)18-6-3-15(4-7-18)23(26,27)28/h3-8,12,14,17,21,29H,2,9-11,13H2,1H3/t14-,17-,21+,22-/m0/s1. The predicted octanol–water partition coefficient (Wildman–Crippen LogP) is 6.24. The van der Waals surface area contributed by atoms with Gasteiger partial charge in [-0.1, -0.05) is 18.9 Å². The molecule has 3 nitrogen and oxygen atoms in total. The minimum atomic E-state index is -4.62. The summed E-state index contributed by atoms with van der Waals surface area (Å²) in [6.07, 6.45) is -2.52. The van der Waals surface area contributed by atoms with E-state index < -0.39 is 38.0 Å². The van der Waals surface area contributed by atoms with Crippen LogP contribution in [0.5, 0.6) is 0 Å². The second-order valence-corrected chi connectivity index (χ2v) is 12.2. The molecule has 4 atom stereocenters. The average Bonchev–Trinajstić information content (AvgIpc) is 2.79. The van der Waals surface area contributed by atoms with Crippen molar-refractivity contribution < 1.29 is 30.4 Å². The van der Waals surface area contributed by atoms with Crippen molar-refractivity contribution in [2.45, 2.75) is 66.1 Å². The van der Waals surface area contributed by atoms with Crippen molar-refractivity contribution in [3.8, 4) is 0 Å². The molecule has 1 aliphatic heterocycles. The first-order valence-electron chi connectivity index (χ1n) is 10.8. The molecule has 0 amide bonds. The third kappa shape index (κ3) is 4.41. The van der Waals surface area contributed by atoms with Crippen molar-refractivity contribution in [1.82, 2.24) is 4.72 Å². The van der Waals surface area contributed by atoms with Crippen LogP contribution < -0.4 is 4.72 Å². The summed E-state index contributed by atoms with van der Waals surface area (Å²) in [5, 5.41) is 0.258. The number of rotatable bonds is 4. The lowest BCUT2D eigenvalue weighted by Crippen LogP contribution is -2.51. The van der Waals surface area contributed by atoms with E-state index in [1.807, 2.05) is 6.92 Å². The van der Waals surface area contributed by atoms with Crippen LogP contribution in [0.4, 0.5) is 22.0 Å². The molecule has 0 radical (unpaired) electrons. The van der Waals surface area contributed by atoms with Gasteiger partial charge < -0.3 is 0 Å². The SMILES string of the molecule is CC[C@H]1C[C@H]2C[C@@](c3cc(F)ccc3F)(S(=O)(=O)c3ccc(C(F)(F)F)cc3)CC[C@H]2NS1. The summed E-state index contributed by atoms with van der Waals surface area (Å²) >= 11 is 1.62. The molecule has 2 fully saturated rings. The monoisotopic (exact) mass is 505 g/mol. The molecule has 2 aromatic rings. The summed E-state index contributed by atoms with van der Waals surface area (Å²) in [6.45, 7) is 2.03. The van der Waals surface area contributed by atoms with E-state index in [1.54, 1.807) is 11.9 Å². The highest BCUT2D eigenvalue weighted by atomic mass is 32.2. The topological polar surface area (TPSA) is 46.2 Å². The molecule has 180 valence electrons. The first kappa shape index (κ1) is 24.5. The molecular formula is C23H24F5NO2S2. The summed E-state index contributed by atoms with van der Waals surface area (Å²) in [7, 11) is -4.36. The third-order valence-corrected chi connectivity index (χ3v) is 10.7. The maximum atomic E-state index is 15.0. The number of hydrogen-bond acceptors (Lipinski definition) is 4. The number of hydrogen-bond donors (Lipinski definition) is 1. The highest BCUT2D eigenvalue weighted by Crippen LogP contribution is 2.52. The smallest absolute Gasteiger partial charge is 0.261 e. The molecular weight excluding hydrogens is 481 g/mol. The van der Waals surface area contributed by atoms with E-state index >= 15 is 4.39 Å². The molecule has 33 heavy (non-hydrogen) atoms. The first-order chi connectivity index (χ1) is 15.5.